The summed E-state index contributed by atoms with van der Waals surface area (Å²) >= 11 is 9.07. The van der Waals surface area contributed by atoms with Crippen molar-refractivity contribution in [3.63, 3.8) is 0 Å². The molecule has 0 spiro atoms. The van der Waals surface area contributed by atoms with Gasteiger partial charge in [0.25, 0.3) is 0 Å². The number of hydrogen-bond acceptors (Lipinski definition) is 3. The van der Waals surface area contributed by atoms with Crippen LogP contribution in [0.4, 0.5) is 5.69 Å². The maximum absolute atomic E-state index is 10.9. The number of benzene rings is 2. The van der Waals surface area contributed by atoms with Gasteiger partial charge in [0.2, 0.25) is 0 Å². The molecule has 0 fully saturated rings. The van der Waals surface area contributed by atoms with Crippen LogP contribution in [-0.4, -0.2) is 4.92 Å². The summed E-state index contributed by atoms with van der Waals surface area (Å²) < 4.78 is 6.43. The van der Waals surface area contributed by atoms with Gasteiger partial charge in [-0.15, -0.1) is 0 Å². The Hall–Kier alpha value is -1.59. The van der Waals surface area contributed by atoms with Crippen LogP contribution in [0.25, 0.3) is 0 Å². The molecule has 4 nitrogen and oxygen atoms in total. The average molecular weight is 343 g/mol. The first-order valence-corrected chi connectivity index (χ1v) is 6.54. The van der Waals surface area contributed by atoms with Crippen molar-refractivity contribution in [2.45, 2.75) is 6.61 Å². The molecular formula is C13H9BrClNO3. The molecule has 0 saturated carbocycles. The van der Waals surface area contributed by atoms with Crippen molar-refractivity contribution in [2.24, 2.45) is 0 Å². The summed E-state index contributed by atoms with van der Waals surface area (Å²) in [5.41, 5.74) is 0.789. The predicted octanol–water partition coefficient (Wildman–Crippen LogP) is 4.59. The molecule has 19 heavy (non-hydrogen) atoms. The van der Waals surface area contributed by atoms with Crippen molar-refractivity contribution in [3.8, 4) is 5.75 Å². The first-order chi connectivity index (χ1) is 9.06. The number of halogens is 2. The molecule has 0 aliphatic heterocycles. The topological polar surface area (TPSA) is 52.4 Å². The minimum absolute atomic E-state index is 0.135. The van der Waals surface area contributed by atoms with Crippen LogP contribution in [0.1, 0.15) is 5.56 Å². The van der Waals surface area contributed by atoms with E-state index in [1.807, 2.05) is 24.3 Å². The highest BCUT2D eigenvalue weighted by Crippen LogP contribution is 2.30. The van der Waals surface area contributed by atoms with E-state index in [0.29, 0.717) is 5.02 Å². The quantitative estimate of drug-likeness (QED) is 0.603. The molecule has 0 aliphatic carbocycles. The minimum atomic E-state index is -0.511. The number of rotatable bonds is 4. The second-order valence-corrected chi connectivity index (χ2v) is 5.14. The van der Waals surface area contributed by atoms with E-state index in [0.717, 1.165) is 10.0 Å². The van der Waals surface area contributed by atoms with Crippen LogP contribution >= 0.6 is 27.5 Å². The Morgan fingerprint density at radius 1 is 1.21 bits per heavy atom. The summed E-state index contributed by atoms with van der Waals surface area (Å²) in [6.45, 7) is 0.260. The number of ether oxygens (including phenoxy) is 1. The maximum atomic E-state index is 10.9. The Labute approximate surface area is 123 Å². The summed E-state index contributed by atoms with van der Waals surface area (Å²) in [5.74, 6) is 0.206. The second-order valence-electron chi connectivity index (χ2n) is 3.78. The molecule has 0 aromatic heterocycles. The third-order valence-corrected chi connectivity index (χ3v) is 3.19. The summed E-state index contributed by atoms with van der Waals surface area (Å²) in [6, 6.07) is 11.9. The van der Waals surface area contributed by atoms with Gasteiger partial charge in [-0.3, -0.25) is 10.1 Å². The van der Waals surface area contributed by atoms with Crippen molar-refractivity contribution >= 4 is 33.2 Å². The van der Waals surface area contributed by atoms with Crippen molar-refractivity contribution in [3.05, 3.63) is 67.6 Å². The van der Waals surface area contributed by atoms with Crippen molar-refractivity contribution < 1.29 is 9.66 Å². The normalized spacial score (nSPS) is 10.2. The second kappa shape index (κ2) is 6.04. The number of nitrogens with zero attached hydrogens (tertiary/aromatic N) is 1. The molecule has 2 aromatic rings. The lowest BCUT2D eigenvalue weighted by Crippen LogP contribution is -1.99. The molecule has 0 atom stereocenters. The van der Waals surface area contributed by atoms with Crippen LogP contribution in [0.15, 0.2) is 46.9 Å². The SMILES string of the molecule is O=[N+]([O-])c1cc(Cl)ccc1OCc1ccc(Br)cc1. The molecule has 0 N–H and O–H groups in total. The summed E-state index contributed by atoms with van der Waals surface area (Å²) in [7, 11) is 0. The Kier molecular flexibility index (Phi) is 4.39. The van der Waals surface area contributed by atoms with Crippen molar-refractivity contribution in [2.75, 3.05) is 0 Å². The Balaban J connectivity index is 2.15. The Morgan fingerprint density at radius 2 is 1.89 bits per heavy atom. The van der Waals surface area contributed by atoms with Crippen LogP contribution in [-0.2, 0) is 6.61 Å². The van der Waals surface area contributed by atoms with Gasteiger partial charge in [0.05, 0.1) is 4.92 Å². The fourth-order valence-electron chi connectivity index (χ4n) is 1.50. The standard InChI is InChI=1S/C13H9BrClNO3/c14-10-3-1-9(2-4-10)8-19-13-6-5-11(15)7-12(13)16(17)18/h1-7H,8H2. The molecule has 0 aliphatic rings. The number of nitro groups is 1. The first-order valence-electron chi connectivity index (χ1n) is 5.37. The van der Waals surface area contributed by atoms with E-state index in [1.165, 1.54) is 12.1 Å². The summed E-state index contributed by atoms with van der Waals surface area (Å²) in [6.07, 6.45) is 0. The molecule has 2 rings (SSSR count). The minimum Gasteiger partial charge on any atom is -0.482 e. The first kappa shape index (κ1) is 13.8. The Bertz CT molecular complexity index is 601. The van der Waals surface area contributed by atoms with Gasteiger partial charge < -0.3 is 4.74 Å². The number of nitro benzene ring substituents is 1. The van der Waals surface area contributed by atoms with Gasteiger partial charge in [0, 0.05) is 15.6 Å². The highest BCUT2D eigenvalue weighted by Gasteiger charge is 2.15. The van der Waals surface area contributed by atoms with Crippen LogP contribution in [0, 0.1) is 10.1 Å². The third-order valence-electron chi connectivity index (χ3n) is 2.43. The molecule has 2 aromatic carbocycles. The van der Waals surface area contributed by atoms with Crippen LogP contribution < -0.4 is 4.74 Å². The van der Waals surface area contributed by atoms with Crippen LogP contribution in [0.5, 0.6) is 5.75 Å². The van der Waals surface area contributed by atoms with E-state index < -0.39 is 4.92 Å². The lowest BCUT2D eigenvalue weighted by atomic mass is 10.2. The zero-order valence-electron chi connectivity index (χ0n) is 9.68. The molecule has 6 heteroatoms. The smallest absolute Gasteiger partial charge is 0.312 e. The molecule has 0 unspecified atom stereocenters. The van der Waals surface area contributed by atoms with Crippen LogP contribution in [0.3, 0.4) is 0 Å². The molecule has 0 heterocycles. The fraction of sp³-hybridized carbons (Fsp3) is 0.0769. The summed E-state index contributed by atoms with van der Waals surface area (Å²) in [5, 5.41) is 11.2. The average Bonchev–Trinajstić information content (AvgIpc) is 2.39. The highest BCUT2D eigenvalue weighted by atomic mass is 79.9. The van der Waals surface area contributed by atoms with E-state index in [9.17, 15) is 10.1 Å². The number of hydrogen-bond donors (Lipinski definition) is 0. The fourth-order valence-corrected chi connectivity index (χ4v) is 1.93. The van der Waals surface area contributed by atoms with Gasteiger partial charge in [0.1, 0.15) is 6.61 Å². The van der Waals surface area contributed by atoms with Crippen molar-refractivity contribution in [1.82, 2.24) is 0 Å². The zero-order valence-corrected chi connectivity index (χ0v) is 12.0. The van der Waals surface area contributed by atoms with Gasteiger partial charge in [0.15, 0.2) is 5.75 Å². The van der Waals surface area contributed by atoms with Gasteiger partial charge in [-0.2, -0.15) is 0 Å². The van der Waals surface area contributed by atoms with E-state index >= 15 is 0 Å². The van der Waals surface area contributed by atoms with E-state index in [4.69, 9.17) is 16.3 Å². The molecule has 0 amide bonds. The van der Waals surface area contributed by atoms with Gasteiger partial charge in [-0.05, 0) is 29.8 Å². The lowest BCUT2D eigenvalue weighted by molar-refractivity contribution is -0.385. The van der Waals surface area contributed by atoms with E-state index in [-0.39, 0.29) is 18.0 Å². The maximum Gasteiger partial charge on any atom is 0.312 e. The molecule has 0 radical (unpaired) electrons. The predicted molar refractivity (Wildman–Crippen MR) is 76.6 cm³/mol. The van der Waals surface area contributed by atoms with Gasteiger partial charge in [-0.25, -0.2) is 0 Å². The monoisotopic (exact) mass is 341 g/mol. The summed E-state index contributed by atoms with van der Waals surface area (Å²) in [4.78, 5) is 10.4. The molecule has 98 valence electrons. The lowest BCUT2D eigenvalue weighted by Gasteiger charge is -2.07. The van der Waals surface area contributed by atoms with Gasteiger partial charge in [-0.1, -0.05) is 39.7 Å². The van der Waals surface area contributed by atoms with Gasteiger partial charge >= 0.3 is 5.69 Å². The highest BCUT2D eigenvalue weighted by molar-refractivity contribution is 9.10. The Morgan fingerprint density at radius 3 is 2.53 bits per heavy atom. The zero-order chi connectivity index (χ0) is 13.8. The largest absolute Gasteiger partial charge is 0.482 e. The van der Waals surface area contributed by atoms with E-state index in [2.05, 4.69) is 15.9 Å². The molecule has 0 saturated heterocycles. The van der Waals surface area contributed by atoms with E-state index in [1.54, 1.807) is 6.07 Å². The third kappa shape index (κ3) is 3.68. The molecular weight excluding hydrogens is 334 g/mol. The molecule has 0 bridgehead atoms. The van der Waals surface area contributed by atoms with Crippen LogP contribution in [0.2, 0.25) is 5.02 Å². The van der Waals surface area contributed by atoms with Crippen molar-refractivity contribution in [1.29, 1.82) is 0 Å².